The number of amidine groups is 1. The van der Waals surface area contributed by atoms with Gasteiger partial charge in [-0.15, -0.1) is 0 Å². The summed E-state index contributed by atoms with van der Waals surface area (Å²) in [6.07, 6.45) is 0. The van der Waals surface area contributed by atoms with Crippen LogP contribution in [0.1, 0.15) is 5.56 Å². The summed E-state index contributed by atoms with van der Waals surface area (Å²) in [7, 11) is 0. The van der Waals surface area contributed by atoms with E-state index in [9.17, 15) is 0 Å². The Balaban J connectivity index is 0.000000758. The normalized spacial score (nSPS) is 10.5. The van der Waals surface area contributed by atoms with E-state index < -0.39 is 0 Å². The Morgan fingerprint density at radius 3 is 1.81 bits per heavy atom. The maximum atomic E-state index is 5.94. The van der Waals surface area contributed by atoms with Gasteiger partial charge in [0.1, 0.15) is 5.84 Å². The molecule has 132 valence electrons. The molecule has 3 aromatic rings. The van der Waals surface area contributed by atoms with E-state index in [0.29, 0.717) is 10.0 Å². The van der Waals surface area contributed by atoms with Crippen LogP contribution < -0.4 is 5.32 Å². The van der Waals surface area contributed by atoms with Crippen LogP contribution >= 0.6 is 23.2 Å². The van der Waals surface area contributed by atoms with E-state index in [2.05, 4.69) is 16.3 Å². The summed E-state index contributed by atoms with van der Waals surface area (Å²) in [4.78, 5) is 4.70. The van der Waals surface area contributed by atoms with Crippen LogP contribution in [-0.2, 0) is 0 Å². The van der Waals surface area contributed by atoms with Gasteiger partial charge in [0.25, 0.3) is 0 Å². The monoisotopic (exact) mass is 440 g/mol. The molecule has 26 heavy (non-hydrogen) atoms. The maximum absolute atomic E-state index is 5.94. The minimum atomic E-state index is 0.125. The molecule has 0 unspecified atom stereocenters. The zero-order valence-corrected chi connectivity index (χ0v) is 19.4. The van der Waals surface area contributed by atoms with Gasteiger partial charge in [0, 0.05) is 21.3 Å². The summed E-state index contributed by atoms with van der Waals surface area (Å²) in [6, 6.07) is 24.9. The molecule has 0 aliphatic carbocycles. The summed E-state index contributed by atoms with van der Waals surface area (Å²) in [6.45, 7) is 0. The van der Waals surface area contributed by atoms with Crippen molar-refractivity contribution in [2.24, 2.45) is 4.99 Å². The fourth-order valence-electron chi connectivity index (χ4n) is 2.08. The van der Waals surface area contributed by atoms with E-state index in [0.717, 1.165) is 22.8 Å². The molecule has 0 saturated carbocycles. The van der Waals surface area contributed by atoms with Crippen molar-refractivity contribution in [2.45, 2.75) is 11.0 Å². The average molecular weight is 442 g/mol. The number of nitrogens with zero attached hydrogens (tertiary/aromatic N) is 1. The van der Waals surface area contributed by atoms with Crippen molar-refractivity contribution in [3.8, 4) is 0 Å². The molecule has 2 nitrogen and oxygen atoms in total. The second-order valence-electron chi connectivity index (χ2n) is 5.64. The Bertz CT molecular complexity index is 817. The third kappa shape index (κ3) is 6.92. The van der Waals surface area contributed by atoms with Gasteiger partial charge in [0.05, 0.1) is 5.69 Å². The van der Waals surface area contributed by atoms with Crippen molar-refractivity contribution >= 4 is 57.8 Å². The summed E-state index contributed by atoms with van der Waals surface area (Å²) < 4.78 is 0. The number of nitrogens with one attached hydrogen (secondary N) is 1. The first-order valence-electron chi connectivity index (χ1n) is 8.54. The number of halogens is 2. The van der Waals surface area contributed by atoms with Crippen molar-refractivity contribution in [3.63, 3.8) is 0 Å². The standard InChI is InChI=1S/C19H14Cl2N2.2CH3.Ga.H/c20-15-6-10-17(11-7-15)22-19(14-4-2-1-3-5-14)23-18-12-8-16(21)9-13-18;;;;/h1-13H,(H,22,23);2*1H3;;. The fourth-order valence-corrected chi connectivity index (χ4v) is 2.33. The topological polar surface area (TPSA) is 24.4 Å². The van der Waals surface area contributed by atoms with Gasteiger partial charge < -0.3 is 5.32 Å². The van der Waals surface area contributed by atoms with Crippen LogP contribution in [-0.4, -0.2) is 23.2 Å². The molecule has 0 aliphatic rings. The predicted octanol–water partition coefficient (Wildman–Crippen LogP) is 6.70. The van der Waals surface area contributed by atoms with Gasteiger partial charge in [-0.2, -0.15) is 0 Å². The molecule has 0 amide bonds. The molecule has 0 spiro atoms. The number of benzene rings is 3. The van der Waals surface area contributed by atoms with Crippen LogP contribution in [0.4, 0.5) is 11.4 Å². The average Bonchev–Trinajstić information content (AvgIpc) is 2.66. The molecule has 0 bridgehead atoms. The first kappa shape index (κ1) is 20.7. The second kappa shape index (κ2) is 11.1. The van der Waals surface area contributed by atoms with Gasteiger partial charge in [-0.05, 0) is 48.5 Å². The van der Waals surface area contributed by atoms with E-state index in [4.69, 9.17) is 28.2 Å². The molecule has 5 heteroatoms. The zero-order chi connectivity index (χ0) is 18.8. The number of hydrogen-bond acceptors (Lipinski definition) is 1. The van der Waals surface area contributed by atoms with Crippen LogP contribution in [0.3, 0.4) is 0 Å². The zero-order valence-electron chi connectivity index (χ0n) is 14.9. The molecule has 3 aromatic carbocycles. The molecule has 3 rings (SSSR count). The Labute approximate surface area is 173 Å². The quantitative estimate of drug-likeness (QED) is 0.273. The molecule has 1 N–H and O–H groups in total. The van der Waals surface area contributed by atoms with Crippen molar-refractivity contribution in [1.82, 2.24) is 0 Å². The van der Waals surface area contributed by atoms with E-state index in [1.807, 2.05) is 78.9 Å². The molecule has 0 saturated heterocycles. The summed E-state index contributed by atoms with van der Waals surface area (Å²) in [5.74, 6) is 0.759. The first-order chi connectivity index (χ1) is 12.6. The minimum absolute atomic E-state index is 0.125. The van der Waals surface area contributed by atoms with Crippen LogP contribution in [0.15, 0.2) is 83.9 Å². The Morgan fingerprint density at radius 2 is 1.27 bits per heavy atom. The molecule has 0 heterocycles. The Morgan fingerprint density at radius 1 is 0.769 bits per heavy atom. The van der Waals surface area contributed by atoms with Crippen LogP contribution in [0.25, 0.3) is 0 Å². The molecule has 0 radical (unpaired) electrons. The molecular formula is C21H21Cl2GaN2. The molecule has 0 aliphatic heterocycles. The predicted molar refractivity (Wildman–Crippen MR) is 118 cm³/mol. The van der Waals surface area contributed by atoms with Gasteiger partial charge in [-0.25, -0.2) is 4.99 Å². The van der Waals surface area contributed by atoms with Gasteiger partial charge in [-0.3, -0.25) is 0 Å². The van der Waals surface area contributed by atoms with Crippen LogP contribution in [0.2, 0.25) is 21.0 Å². The third-order valence-corrected chi connectivity index (χ3v) is 3.73. The first-order valence-corrected chi connectivity index (χ1v) is 15.2. The van der Waals surface area contributed by atoms with Crippen molar-refractivity contribution in [1.29, 1.82) is 0 Å². The summed E-state index contributed by atoms with van der Waals surface area (Å²) in [5, 5.41) is 4.74. The summed E-state index contributed by atoms with van der Waals surface area (Å²) in [5.41, 5.74) is 7.37. The molecule has 0 aromatic heterocycles. The third-order valence-electron chi connectivity index (χ3n) is 3.22. The molecular weight excluding hydrogens is 421 g/mol. The van der Waals surface area contributed by atoms with E-state index in [1.54, 1.807) is 0 Å². The van der Waals surface area contributed by atoms with E-state index in [1.165, 1.54) is 0 Å². The Kier molecular flexibility index (Phi) is 8.85. The van der Waals surface area contributed by atoms with Gasteiger partial charge in [0.15, 0.2) is 0 Å². The molecule has 0 fully saturated rings. The Hall–Kier alpha value is -1.65. The number of anilines is 1. The van der Waals surface area contributed by atoms with Gasteiger partial charge in [0.2, 0.25) is 0 Å². The van der Waals surface area contributed by atoms with E-state index >= 15 is 0 Å². The van der Waals surface area contributed by atoms with Crippen LogP contribution in [0.5, 0.6) is 0 Å². The molecule has 0 atom stereocenters. The number of rotatable bonds is 3. The second-order valence-corrected chi connectivity index (χ2v) is 9.48. The van der Waals surface area contributed by atoms with Gasteiger partial charge in [-0.1, -0.05) is 53.5 Å². The fraction of sp³-hybridized carbons (Fsp3) is 0.0952. The number of aliphatic imine (C=N–C) groups is 1. The number of hydrogen-bond donors (Lipinski definition) is 1. The van der Waals surface area contributed by atoms with Crippen molar-refractivity contribution in [3.05, 3.63) is 94.5 Å². The van der Waals surface area contributed by atoms with Crippen molar-refractivity contribution < 1.29 is 0 Å². The van der Waals surface area contributed by atoms with Gasteiger partial charge >= 0.3 is 28.4 Å². The van der Waals surface area contributed by atoms with Crippen LogP contribution in [0, 0.1) is 0 Å². The summed E-state index contributed by atoms with van der Waals surface area (Å²) >= 11 is 12.0. The van der Waals surface area contributed by atoms with Crippen molar-refractivity contribution in [2.75, 3.05) is 5.32 Å². The SMILES string of the molecule is Clc1ccc(N=C(Nc2ccc(Cl)cc2)c2ccccc2)cc1.[CH3][GaH][CH3]. The van der Waals surface area contributed by atoms with E-state index in [-0.39, 0.29) is 17.4 Å².